The number of nitrogens with two attached hydrogens (primary N) is 1. The van der Waals surface area contributed by atoms with Crippen LogP contribution >= 0.6 is 11.6 Å². The fourth-order valence-electron chi connectivity index (χ4n) is 2.00. The zero-order chi connectivity index (χ0) is 15.4. The normalized spacial score (nSPS) is 11.8. The molecule has 0 bridgehead atoms. The van der Waals surface area contributed by atoms with Gasteiger partial charge in [-0.25, -0.2) is 0 Å². The summed E-state index contributed by atoms with van der Waals surface area (Å²) >= 11 is 5.89. The summed E-state index contributed by atoms with van der Waals surface area (Å²) in [4.78, 5) is 12.3. The number of hydrogen-bond acceptors (Lipinski definition) is 3. The average molecular weight is 305 g/mol. The summed E-state index contributed by atoms with van der Waals surface area (Å²) in [6.45, 7) is 1.91. The van der Waals surface area contributed by atoms with Crippen LogP contribution in [0.5, 0.6) is 5.75 Å². The first kappa shape index (κ1) is 15.2. The van der Waals surface area contributed by atoms with Crippen LogP contribution in [-0.2, 0) is 0 Å². The van der Waals surface area contributed by atoms with E-state index in [4.69, 9.17) is 22.1 Å². The smallest absolute Gasteiger partial charge is 0.255 e. The Morgan fingerprint density at radius 1 is 1.24 bits per heavy atom. The minimum atomic E-state index is -0.215. The van der Waals surface area contributed by atoms with Crippen molar-refractivity contribution in [3.8, 4) is 5.75 Å². The van der Waals surface area contributed by atoms with Crippen molar-refractivity contribution in [2.45, 2.75) is 13.0 Å². The Balaban J connectivity index is 2.16. The van der Waals surface area contributed by atoms with Gasteiger partial charge in [0.1, 0.15) is 5.75 Å². The highest BCUT2D eigenvalue weighted by molar-refractivity contribution is 6.30. The Morgan fingerprint density at radius 3 is 2.52 bits per heavy atom. The van der Waals surface area contributed by atoms with E-state index in [1.54, 1.807) is 30.3 Å². The first-order valence-electron chi connectivity index (χ1n) is 6.51. The van der Waals surface area contributed by atoms with E-state index in [0.29, 0.717) is 22.0 Å². The van der Waals surface area contributed by atoms with Gasteiger partial charge in [-0.05, 0) is 42.8 Å². The Kier molecular flexibility index (Phi) is 4.70. The molecule has 0 radical (unpaired) electrons. The molecule has 1 atom stereocenters. The monoisotopic (exact) mass is 304 g/mol. The van der Waals surface area contributed by atoms with E-state index in [1.807, 2.05) is 19.1 Å². The van der Waals surface area contributed by atoms with Crippen LogP contribution in [0.15, 0.2) is 42.5 Å². The van der Waals surface area contributed by atoms with E-state index >= 15 is 0 Å². The first-order valence-corrected chi connectivity index (χ1v) is 6.89. The van der Waals surface area contributed by atoms with Crippen LogP contribution in [0.2, 0.25) is 5.02 Å². The summed E-state index contributed by atoms with van der Waals surface area (Å²) in [5.74, 6) is 0.234. The van der Waals surface area contributed by atoms with Crippen LogP contribution in [0.1, 0.15) is 28.9 Å². The van der Waals surface area contributed by atoms with Crippen LogP contribution in [0.25, 0.3) is 0 Å². The SMILES string of the molecule is COc1cc(Cl)ccc1C(=O)NC(C)c1ccc(N)cc1. The molecule has 2 aromatic carbocycles. The first-order chi connectivity index (χ1) is 10.0. The van der Waals surface area contributed by atoms with E-state index in [1.165, 1.54) is 7.11 Å². The molecule has 0 saturated heterocycles. The maximum atomic E-state index is 12.3. The van der Waals surface area contributed by atoms with Crippen LogP contribution in [0.3, 0.4) is 0 Å². The zero-order valence-electron chi connectivity index (χ0n) is 11.9. The molecule has 0 aliphatic carbocycles. The standard InChI is InChI=1S/C16H17ClN2O2/c1-10(11-3-6-13(18)7-4-11)19-16(20)14-8-5-12(17)9-15(14)21-2/h3-10H,18H2,1-2H3,(H,19,20). The molecule has 0 fully saturated rings. The third kappa shape index (κ3) is 3.67. The zero-order valence-corrected chi connectivity index (χ0v) is 12.6. The summed E-state index contributed by atoms with van der Waals surface area (Å²) < 4.78 is 5.19. The van der Waals surface area contributed by atoms with Gasteiger partial charge in [0, 0.05) is 10.7 Å². The highest BCUT2D eigenvalue weighted by atomic mass is 35.5. The van der Waals surface area contributed by atoms with E-state index in [0.717, 1.165) is 5.56 Å². The van der Waals surface area contributed by atoms with Gasteiger partial charge in [0.25, 0.3) is 5.91 Å². The number of amides is 1. The number of carbonyl (C=O) groups is 1. The fraction of sp³-hybridized carbons (Fsp3) is 0.188. The van der Waals surface area contributed by atoms with E-state index < -0.39 is 0 Å². The summed E-state index contributed by atoms with van der Waals surface area (Å²) in [5, 5.41) is 3.45. The number of rotatable bonds is 4. The Bertz CT molecular complexity index is 641. The summed E-state index contributed by atoms with van der Waals surface area (Å²) in [7, 11) is 1.51. The van der Waals surface area contributed by atoms with Gasteiger partial charge in [-0.15, -0.1) is 0 Å². The summed E-state index contributed by atoms with van der Waals surface area (Å²) in [6.07, 6.45) is 0. The number of hydrogen-bond donors (Lipinski definition) is 2. The molecule has 1 amide bonds. The number of benzene rings is 2. The van der Waals surface area contributed by atoms with Gasteiger partial charge >= 0.3 is 0 Å². The lowest BCUT2D eigenvalue weighted by atomic mass is 10.1. The number of anilines is 1. The molecule has 0 spiro atoms. The van der Waals surface area contributed by atoms with Crippen molar-refractivity contribution in [2.75, 3.05) is 12.8 Å². The van der Waals surface area contributed by atoms with Gasteiger partial charge in [-0.1, -0.05) is 23.7 Å². The number of ether oxygens (including phenoxy) is 1. The van der Waals surface area contributed by atoms with Crippen molar-refractivity contribution >= 4 is 23.2 Å². The van der Waals surface area contributed by atoms with Crippen molar-refractivity contribution in [1.29, 1.82) is 0 Å². The molecular formula is C16H17ClN2O2. The van der Waals surface area contributed by atoms with Crippen molar-refractivity contribution in [2.24, 2.45) is 0 Å². The maximum absolute atomic E-state index is 12.3. The molecule has 1 unspecified atom stereocenters. The van der Waals surface area contributed by atoms with Crippen LogP contribution in [0, 0.1) is 0 Å². The Morgan fingerprint density at radius 2 is 1.90 bits per heavy atom. The second-order valence-electron chi connectivity index (χ2n) is 4.71. The van der Waals surface area contributed by atoms with Gasteiger partial charge in [0.05, 0.1) is 18.7 Å². The quantitative estimate of drug-likeness (QED) is 0.851. The Hall–Kier alpha value is -2.20. The van der Waals surface area contributed by atoms with Crippen molar-refractivity contribution in [3.63, 3.8) is 0 Å². The minimum absolute atomic E-state index is 0.140. The number of carbonyl (C=O) groups excluding carboxylic acids is 1. The van der Waals surface area contributed by atoms with Crippen LogP contribution < -0.4 is 15.8 Å². The van der Waals surface area contributed by atoms with Crippen molar-refractivity contribution < 1.29 is 9.53 Å². The molecule has 110 valence electrons. The highest BCUT2D eigenvalue weighted by Crippen LogP contribution is 2.24. The van der Waals surface area contributed by atoms with Gasteiger partial charge in [-0.2, -0.15) is 0 Å². The molecule has 5 heteroatoms. The van der Waals surface area contributed by atoms with Gasteiger partial charge in [0.15, 0.2) is 0 Å². The van der Waals surface area contributed by atoms with Crippen molar-refractivity contribution in [1.82, 2.24) is 5.32 Å². The molecule has 0 aliphatic heterocycles. The topological polar surface area (TPSA) is 64.3 Å². The van der Waals surface area contributed by atoms with Crippen LogP contribution in [-0.4, -0.2) is 13.0 Å². The third-order valence-corrected chi connectivity index (χ3v) is 3.43. The molecular weight excluding hydrogens is 288 g/mol. The van der Waals surface area contributed by atoms with E-state index in [-0.39, 0.29) is 11.9 Å². The van der Waals surface area contributed by atoms with E-state index in [9.17, 15) is 4.79 Å². The number of nitrogens with one attached hydrogen (secondary N) is 1. The lowest BCUT2D eigenvalue weighted by Gasteiger charge is -2.16. The minimum Gasteiger partial charge on any atom is -0.496 e. The van der Waals surface area contributed by atoms with Crippen LogP contribution in [0.4, 0.5) is 5.69 Å². The second kappa shape index (κ2) is 6.50. The molecule has 21 heavy (non-hydrogen) atoms. The maximum Gasteiger partial charge on any atom is 0.255 e. The molecule has 0 heterocycles. The average Bonchev–Trinajstić information content (AvgIpc) is 2.47. The Labute approximate surface area is 128 Å². The fourth-order valence-corrected chi connectivity index (χ4v) is 2.16. The molecule has 0 aromatic heterocycles. The van der Waals surface area contributed by atoms with E-state index in [2.05, 4.69) is 5.32 Å². The predicted molar refractivity (Wildman–Crippen MR) is 84.7 cm³/mol. The second-order valence-corrected chi connectivity index (χ2v) is 5.14. The molecule has 0 aliphatic rings. The third-order valence-electron chi connectivity index (χ3n) is 3.19. The number of nitrogen functional groups attached to an aromatic ring is 1. The highest BCUT2D eigenvalue weighted by Gasteiger charge is 2.15. The lowest BCUT2D eigenvalue weighted by molar-refractivity contribution is 0.0937. The van der Waals surface area contributed by atoms with Gasteiger partial charge in [-0.3, -0.25) is 4.79 Å². The van der Waals surface area contributed by atoms with Gasteiger partial charge < -0.3 is 15.8 Å². The number of halogens is 1. The molecule has 3 N–H and O–H groups in total. The molecule has 2 rings (SSSR count). The van der Waals surface area contributed by atoms with Gasteiger partial charge in [0.2, 0.25) is 0 Å². The predicted octanol–water partition coefficient (Wildman–Crippen LogP) is 3.42. The summed E-state index contributed by atoms with van der Waals surface area (Å²) in [6, 6.07) is 12.2. The summed E-state index contributed by atoms with van der Waals surface area (Å²) in [5.41, 5.74) is 7.77. The lowest BCUT2D eigenvalue weighted by Crippen LogP contribution is -2.27. The van der Waals surface area contributed by atoms with Crippen molar-refractivity contribution in [3.05, 3.63) is 58.6 Å². The largest absolute Gasteiger partial charge is 0.496 e. The molecule has 2 aromatic rings. The number of methoxy groups -OCH3 is 1. The molecule has 0 saturated carbocycles. The molecule has 4 nitrogen and oxygen atoms in total.